The Bertz CT molecular complexity index is 1020. The highest BCUT2D eigenvalue weighted by Crippen LogP contribution is 2.20. The molecule has 3 aromatic rings. The number of carbonyl (C=O) groups excluding carboxylic acids is 1. The molecule has 27 heavy (non-hydrogen) atoms. The van der Waals surface area contributed by atoms with Crippen molar-refractivity contribution in [3.63, 3.8) is 0 Å². The fraction of sp³-hybridized carbons (Fsp3) is 0.190. The SMILES string of the molecule is CCc1ccccc1NC(=O)c1nn(-c2ccc(C)cc2)c(=O)cc1OC. The molecule has 1 amide bonds. The van der Waals surface area contributed by atoms with E-state index in [0.717, 1.165) is 17.5 Å². The first-order valence-corrected chi connectivity index (χ1v) is 8.68. The van der Waals surface area contributed by atoms with Crippen LogP contribution in [0, 0.1) is 6.92 Å². The molecule has 3 rings (SSSR count). The van der Waals surface area contributed by atoms with Gasteiger partial charge in [-0.2, -0.15) is 9.78 Å². The molecule has 0 unspecified atom stereocenters. The van der Waals surface area contributed by atoms with E-state index in [2.05, 4.69) is 10.4 Å². The zero-order chi connectivity index (χ0) is 19.4. The highest BCUT2D eigenvalue weighted by atomic mass is 16.5. The normalized spacial score (nSPS) is 10.5. The predicted octanol–water partition coefficient (Wildman–Crippen LogP) is 3.36. The fourth-order valence-electron chi connectivity index (χ4n) is 2.76. The van der Waals surface area contributed by atoms with E-state index in [1.807, 2.05) is 50.2 Å². The number of benzene rings is 2. The Hall–Kier alpha value is -3.41. The van der Waals surface area contributed by atoms with Crippen molar-refractivity contribution in [3.05, 3.63) is 81.8 Å². The van der Waals surface area contributed by atoms with Crippen LogP contribution in [0.3, 0.4) is 0 Å². The third kappa shape index (κ3) is 3.89. The Morgan fingerprint density at radius 1 is 1.15 bits per heavy atom. The van der Waals surface area contributed by atoms with Gasteiger partial charge in [-0.1, -0.05) is 42.8 Å². The molecule has 6 nitrogen and oxygen atoms in total. The molecule has 0 aliphatic heterocycles. The summed E-state index contributed by atoms with van der Waals surface area (Å²) < 4.78 is 6.41. The number of methoxy groups -OCH3 is 1. The Balaban J connectivity index is 2.03. The minimum atomic E-state index is -0.436. The Kier molecular flexibility index (Phi) is 5.35. The molecule has 1 heterocycles. The summed E-state index contributed by atoms with van der Waals surface area (Å²) in [6.45, 7) is 3.97. The van der Waals surface area contributed by atoms with E-state index < -0.39 is 5.91 Å². The van der Waals surface area contributed by atoms with Gasteiger partial charge in [-0.25, -0.2) is 0 Å². The molecule has 0 saturated heterocycles. The van der Waals surface area contributed by atoms with E-state index in [9.17, 15) is 9.59 Å². The fourth-order valence-corrected chi connectivity index (χ4v) is 2.76. The quantitative estimate of drug-likeness (QED) is 0.754. The number of nitrogens with zero attached hydrogens (tertiary/aromatic N) is 2. The highest BCUT2D eigenvalue weighted by Gasteiger charge is 2.19. The average Bonchev–Trinajstić information content (AvgIpc) is 2.68. The third-order valence-corrected chi connectivity index (χ3v) is 4.26. The largest absolute Gasteiger partial charge is 0.494 e. The first-order chi connectivity index (χ1) is 13.0. The number of amides is 1. The van der Waals surface area contributed by atoms with Crippen LogP contribution in [0.1, 0.15) is 28.5 Å². The molecular formula is C21H21N3O3. The van der Waals surface area contributed by atoms with Gasteiger partial charge in [0, 0.05) is 5.69 Å². The second-order valence-electron chi connectivity index (χ2n) is 6.11. The van der Waals surface area contributed by atoms with E-state index in [0.29, 0.717) is 11.4 Å². The molecule has 0 spiro atoms. The Labute approximate surface area is 157 Å². The first kappa shape index (κ1) is 18.4. The summed E-state index contributed by atoms with van der Waals surface area (Å²) in [4.78, 5) is 25.2. The number of anilines is 1. The van der Waals surface area contributed by atoms with Crippen LogP contribution in [0.15, 0.2) is 59.4 Å². The van der Waals surface area contributed by atoms with Gasteiger partial charge in [0.05, 0.1) is 18.9 Å². The Morgan fingerprint density at radius 2 is 1.85 bits per heavy atom. The van der Waals surface area contributed by atoms with Gasteiger partial charge in [-0.15, -0.1) is 0 Å². The van der Waals surface area contributed by atoms with Crippen LogP contribution in [-0.2, 0) is 6.42 Å². The molecule has 0 radical (unpaired) electrons. The second-order valence-corrected chi connectivity index (χ2v) is 6.11. The van der Waals surface area contributed by atoms with Gasteiger partial charge in [-0.05, 0) is 37.1 Å². The molecular weight excluding hydrogens is 342 g/mol. The van der Waals surface area contributed by atoms with E-state index in [4.69, 9.17) is 4.74 Å². The maximum Gasteiger partial charge on any atom is 0.280 e. The monoisotopic (exact) mass is 363 g/mol. The number of hydrogen-bond donors (Lipinski definition) is 1. The van der Waals surface area contributed by atoms with Crippen LogP contribution in [-0.4, -0.2) is 22.8 Å². The van der Waals surface area contributed by atoms with Crippen LogP contribution in [0.5, 0.6) is 5.75 Å². The zero-order valence-corrected chi connectivity index (χ0v) is 15.5. The van der Waals surface area contributed by atoms with Crippen LogP contribution in [0.2, 0.25) is 0 Å². The number of aromatic nitrogens is 2. The van der Waals surface area contributed by atoms with Gasteiger partial charge >= 0.3 is 0 Å². The molecule has 0 aliphatic carbocycles. The number of aryl methyl sites for hydroxylation is 2. The van der Waals surface area contributed by atoms with Crippen LogP contribution in [0.25, 0.3) is 5.69 Å². The maximum atomic E-state index is 12.8. The number of hydrogen-bond acceptors (Lipinski definition) is 4. The summed E-state index contributed by atoms with van der Waals surface area (Å²) in [5.41, 5.74) is 3.04. The summed E-state index contributed by atoms with van der Waals surface area (Å²) in [6, 6.07) is 16.2. The molecule has 0 fully saturated rings. The smallest absolute Gasteiger partial charge is 0.280 e. The molecule has 1 N–H and O–H groups in total. The summed E-state index contributed by atoms with van der Waals surface area (Å²) in [5, 5.41) is 7.12. The lowest BCUT2D eigenvalue weighted by molar-refractivity contribution is 0.101. The van der Waals surface area contributed by atoms with Crippen LogP contribution >= 0.6 is 0 Å². The maximum absolute atomic E-state index is 12.8. The third-order valence-electron chi connectivity index (χ3n) is 4.26. The number of rotatable bonds is 5. The van der Waals surface area contributed by atoms with Gasteiger partial charge in [0.2, 0.25) is 0 Å². The topological polar surface area (TPSA) is 73.2 Å². The van der Waals surface area contributed by atoms with E-state index in [1.54, 1.807) is 12.1 Å². The van der Waals surface area contributed by atoms with Gasteiger partial charge in [0.1, 0.15) is 0 Å². The summed E-state index contributed by atoms with van der Waals surface area (Å²) in [7, 11) is 1.41. The van der Waals surface area contributed by atoms with E-state index in [1.165, 1.54) is 17.9 Å². The van der Waals surface area contributed by atoms with Gasteiger partial charge in [0.25, 0.3) is 11.5 Å². The lowest BCUT2D eigenvalue weighted by Gasteiger charge is -2.13. The van der Waals surface area contributed by atoms with Crippen molar-refractivity contribution in [1.82, 2.24) is 9.78 Å². The summed E-state index contributed by atoms with van der Waals surface area (Å²) >= 11 is 0. The summed E-state index contributed by atoms with van der Waals surface area (Å²) in [6.07, 6.45) is 0.782. The van der Waals surface area contributed by atoms with Crippen molar-refractivity contribution >= 4 is 11.6 Å². The van der Waals surface area contributed by atoms with Gasteiger partial charge in [-0.3, -0.25) is 9.59 Å². The minimum absolute atomic E-state index is 0.0450. The van der Waals surface area contributed by atoms with Crippen molar-refractivity contribution in [2.24, 2.45) is 0 Å². The average molecular weight is 363 g/mol. The van der Waals surface area contributed by atoms with Gasteiger partial charge < -0.3 is 10.1 Å². The number of para-hydroxylation sites is 1. The molecule has 0 atom stereocenters. The van der Waals surface area contributed by atoms with Crippen molar-refractivity contribution in [1.29, 1.82) is 0 Å². The molecule has 2 aromatic carbocycles. The second kappa shape index (κ2) is 7.86. The molecule has 0 bridgehead atoms. The molecule has 0 saturated carbocycles. The molecule has 138 valence electrons. The first-order valence-electron chi connectivity index (χ1n) is 8.68. The molecule has 0 aliphatic rings. The zero-order valence-electron chi connectivity index (χ0n) is 15.5. The standard InChI is InChI=1S/C21H21N3O3/c1-4-15-7-5-6-8-17(15)22-21(26)20-18(27-3)13-19(25)24(23-20)16-11-9-14(2)10-12-16/h5-13H,4H2,1-3H3,(H,22,26). The predicted molar refractivity (Wildman–Crippen MR) is 105 cm³/mol. The van der Waals surface area contributed by atoms with E-state index in [-0.39, 0.29) is 17.0 Å². The van der Waals surface area contributed by atoms with Crippen LogP contribution < -0.4 is 15.6 Å². The number of carbonyl (C=O) groups is 1. The van der Waals surface area contributed by atoms with Crippen molar-refractivity contribution < 1.29 is 9.53 Å². The van der Waals surface area contributed by atoms with Crippen molar-refractivity contribution in [2.75, 3.05) is 12.4 Å². The highest BCUT2D eigenvalue weighted by molar-refractivity contribution is 6.05. The molecule has 1 aromatic heterocycles. The van der Waals surface area contributed by atoms with Gasteiger partial charge in [0.15, 0.2) is 11.4 Å². The Morgan fingerprint density at radius 3 is 2.52 bits per heavy atom. The minimum Gasteiger partial charge on any atom is -0.494 e. The lowest BCUT2D eigenvalue weighted by atomic mass is 10.1. The number of nitrogens with one attached hydrogen (secondary N) is 1. The van der Waals surface area contributed by atoms with E-state index >= 15 is 0 Å². The summed E-state index contributed by atoms with van der Waals surface area (Å²) in [5.74, 6) is -0.302. The molecule has 6 heteroatoms. The number of ether oxygens (including phenoxy) is 1. The van der Waals surface area contributed by atoms with Crippen molar-refractivity contribution in [2.45, 2.75) is 20.3 Å². The van der Waals surface area contributed by atoms with Crippen molar-refractivity contribution in [3.8, 4) is 11.4 Å². The van der Waals surface area contributed by atoms with Crippen LogP contribution in [0.4, 0.5) is 5.69 Å². The lowest BCUT2D eigenvalue weighted by Crippen LogP contribution is -2.26.